The molecule has 0 fully saturated rings. The summed E-state index contributed by atoms with van der Waals surface area (Å²) in [5.41, 5.74) is 12.3. The summed E-state index contributed by atoms with van der Waals surface area (Å²) in [6, 6.07) is 22.0. The number of rotatable bonds is 8. The molecule has 0 aliphatic heterocycles. The normalized spacial score (nSPS) is 10.8. The molecule has 0 unspecified atom stereocenters. The standard InChI is InChI=1S/C35H31N3O7/c1-20-15-21(2)23(4)28(22(20)3)18-44-27-12-8-11-25(16-27)32-29(24-9-6-5-7-10-24)19-45-33(32)35(41)37-36-34(40)26-13-14-31(39)30(17-26)38(42)43/h5-17,19,39H,18H2,1-4H3,(H,36,40)(H,37,41). The van der Waals surface area contributed by atoms with Crippen LogP contribution in [0.1, 0.15) is 48.7 Å². The zero-order chi connectivity index (χ0) is 32.2. The van der Waals surface area contributed by atoms with Crippen LogP contribution in [-0.2, 0) is 6.61 Å². The smallest absolute Gasteiger partial charge is 0.311 e. The van der Waals surface area contributed by atoms with Gasteiger partial charge in [-0.3, -0.25) is 30.6 Å². The highest BCUT2D eigenvalue weighted by atomic mass is 16.6. The molecule has 0 aliphatic rings. The fraction of sp³-hybridized carbons (Fsp3) is 0.143. The number of aromatic hydroxyl groups is 1. The van der Waals surface area contributed by atoms with Crippen LogP contribution in [0.15, 0.2) is 89.5 Å². The van der Waals surface area contributed by atoms with E-state index in [4.69, 9.17) is 9.15 Å². The van der Waals surface area contributed by atoms with Gasteiger partial charge in [-0.05, 0) is 90.9 Å². The van der Waals surface area contributed by atoms with Crippen molar-refractivity contribution in [2.45, 2.75) is 34.3 Å². The van der Waals surface area contributed by atoms with Crippen molar-refractivity contribution in [2.75, 3.05) is 0 Å². The summed E-state index contributed by atoms with van der Waals surface area (Å²) in [4.78, 5) is 36.4. The summed E-state index contributed by atoms with van der Waals surface area (Å²) in [6.07, 6.45) is 1.47. The Morgan fingerprint density at radius 1 is 0.844 bits per heavy atom. The Balaban J connectivity index is 1.44. The number of carbonyl (C=O) groups is 2. The molecule has 2 amide bonds. The van der Waals surface area contributed by atoms with Gasteiger partial charge in [0, 0.05) is 22.8 Å². The third-order valence-corrected chi connectivity index (χ3v) is 7.83. The zero-order valence-corrected chi connectivity index (χ0v) is 25.1. The maximum Gasteiger partial charge on any atom is 0.311 e. The highest BCUT2D eigenvalue weighted by Gasteiger charge is 2.24. The van der Waals surface area contributed by atoms with Gasteiger partial charge >= 0.3 is 11.6 Å². The van der Waals surface area contributed by atoms with Crippen LogP contribution >= 0.6 is 0 Å². The van der Waals surface area contributed by atoms with E-state index in [0.29, 0.717) is 29.0 Å². The van der Waals surface area contributed by atoms with E-state index in [0.717, 1.165) is 23.3 Å². The number of carbonyl (C=O) groups excluding carboxylic acids is 2. The molecule has 0 aliphatic carbocycles. The quantitative estimate of drug-likeness (QED) is 0.126. The molecule has 0 spiro atoms. The minimum Gasteiger partial charge on any atom is -0.502 e. The second-order valence-corrected chi connectivity index (χ2v) is 10.6. The first kappa shape index (κ1) is 30.6. The Kier molecular flexibility index (Phi) is 8.67. The van der Waals surface area contributed by atoms with Crippen LogP contribution in [0.2, 0.25) is 0 Å². The molecule has 0 radical (unpaired) electrons. The number of amides is 2. The van der Waals surface area contributed by atoms with E-state index in [1.54, 1.807) is 0 Å². The lowest BCUT2D eigenvalue weighted by molar-refractivity contribution is -0.385. The molecule has 10 heteroatoms. The lowest BCUT2D eigenvalue weighted by atomic mass is 9.95. The Labute approximate surface area is 259 Å². The lowest BCUT2D eigenvalue weighted by Crippen LogP contribution is -2.41. The van der Waals surface area contributed by atoms with Crippen LogP contribution in [0.5, 0.6) is 11.5 Å². The third-order valence-electron chi connectivity index (χ3n) is 7.83. The molecule has 4 aromatic carbocycles. The van der Waals surface area contributed by atoms with Crippen molar-refractivity contribution >= 4 is 17.5 Å². The summed E-state index contributed by atoms with van der Waals surface area (Å²) in [6.45, 7) is 8.70. The van der Waals surface area contributed by atoms with E-state index < -0.39 is 28.2 Å². The van der Waals surface area contributed by atoms with Gasteiger partial charge in [-0.2, -0.15) is 0 Å². The summed E-state index contributed by atoms with van der Waals surface area (Å²) >= 11 is 0. The third kappa shape index (κ3) is 6.40. The van der Waals surface area contributed by atoms with Gasteiger partial charge in [0.25, 0.3) is 5.91 Å². The topological polar surface area (TPSA) is 144 Å². The van der Waals surface area contributed by atoms with Gasteiger partial charge in [0.1, 0.15) is 12.4 Å². The molecule has 1 heterocycles. The first-order valence-corrected chi connectivity index (χ1v) is 14.1. The Bertz CT molecular complexity index is 1900. The maximum absolute atomic E-state index is 13.4. The number of benzene rings is 4. The van der Waals surface area contributed by atoms with Crippen LogP contribution in [-0.4, -0.2) is 21.8 Å². The van der Waals surface area contributed by atoms with Crippen LogP contribution < -0.4 is 15.6 Å². The molecule has 0 atom stereocenters. The number of hydrazine groups is 1. The molecule has 5 aromatic rings. The monoisotopic (exact) mass is 605 g/mol. The molecule has 0 saturated carbocycles. The van der Waals surface area contributed by atoms with Gasteiger partial charge in [-0.25, -0.2) is 0 Å². The van der Waals surface area contributed by atoms with Crippen LogP contribution in [0.25, 0.3) is 22.3 Å². The van der Waals surface area contributed by atoms with Crippen molar-refractivity contribution in [3.63, 3.8) is 0 Å². The van der Waals surface area contributed by atoms with Gasteiger partial charge in [0.05, 0.1) is 11.2 Å². The minimum atomic E-state index is -0.824. The number of furan rings is 1. The van der Waals surface area contributed by atoms with Crippen LogP contribution in [0.3, 0.4) is 0 Å². The van der Waals surface area contributed by atoms with E-state index in [2.05, 4.69) is 44.6 Å². The van der Waals surface area contributed by atoms with Crippen molar-refractivity contribution in [3.05, 3.63) is 134 Å². The Hall–Kier alpha value is -5.90. The first-order chi connectivity index (χ1) is 21.5. The van der Waals surface area contributed by atoms with Gasteiger partial charge in [-0.15, -0.1) is 0 Å². The molecule has 3 N–H and O–H groups in total. The number of aryl methyl sites for hydroxylation is 2. The highest BCUT2D eigenvalue weighted by Crippen LogP contribution is 2.38. The first-order valence-electron chi connectivity index (χ1n) is 14.1. The van der Waals surface area contributed by atoms with Crippen molar-refractivity contribution in [1.82, 2.24) is 10.9 Å². The predicted octanol–water partition coefficient (Wildman–Crippen LogP) is 7.11. The molecule has 0 saturated heterocycles. The molecular formula is C35H31N3O7. The van der Waals surface area contributed by atoms with Crippen molar-refractivity contribution in [3.8, 4) is 33.8 Å². The van der Waals surface area contributed by atoms with Crippen molar-refractivity contribution in [2.24, 2.45) is 0 Å². The highest BCUT2D eigenvalue weighted by molar-refractivity contribution is 6.04. The van der Waals surface area contributed by atoms with Gasteiger partial charge < -0.3 is 14.3 Å². The van der Waals surface area contributed by atoms with E-state index in [9.17, 15) is 24.8 Å². The van der Waals surface area contributed by atoms with Crippen molar-refractivity contribution in [1.29, 1.82) is 0 Å². The fourth-order valence-electron chi connectivity index (χ4n) is 5.11. The predicted molar refractivity (Wildman–Crippen MR) is 169 cm³/mol. The minimum absolute atomic E-state index is 0.0658. The maximum atomic E-state index is 13.4. The number of nitrogens with one attached hydrogen (secondary N) is 2. The Morgan fingerprint density at radius 2 is 1.51 bits per heavy atom. The number of nitro groups is 1. The summed E-state index contributed by atoms with van der Waals surface area (Å²) < 4.78 is 12.0. The van der Waals surface area contributed by atoms with Gasteiger partial charge in [0.2, 0.25) is 5.76 Å². The van der Waals surface area contributed by atoms with Crippen LogP contribution in [0, 0.1) is 37.8 Å². The van der Waals surface area contributed by atoms with Crippen molar-refractivity contribution < 1.29 is 28.8 Å². The number of ether oxygens (including phenoxy) is 1. The number of phenolic OH excluding ortho intramolecular Hbond substituents is 1. The zero-order valence-electron chi connectivity index (χ0n) is 25.1. The second kappa shape index (κ2) is 12.8. The molecule has 228 valence electrons. The summed E-state index contributed by atoms with van der Waals surface area (Å²) in [5.74, 6) is -1.63. The average molecular weight is 606 g/mol. The largest absolute Gasteiger partial charge is 0.502 e. The SMILES string of the molecule is Cc1cc(C)c(C)c(COc2cccc(-c3c(-c4ccccc4)coc3C(=O)NNC(=O)c3ccc(O)c([N+](=O)[O-])c3)c2)c1C. The molecule has 0 bridgehead atoms. The number of hydrogen-bond donors (Lipinski definition) is 3. The fourth-order valence-corrected chi connectivity index (χ4v) is 5.11. The lowest BCUT2D eigenvalue weighted by Gasteiger charge is -2.16. The molecule has 1 aromatic heterocycles. The molecular weight excluding hydrogens is 574 g/mol. The van der Waals surface area contributed by atoms with E-state index >= 15 is 0 Å². The number of nitro benzene ring substituents is 1. The van der Waals surface area contributed by atoms with E-state index in [-0.39, 0.29) is 11.3 Å². The molecule has 10 nitrogen and oxygen atoms in total. The van der Waals surface area contributed by atoms with E-state index in [1.807, 2.05) is 54.6 Å². The van der Waals surface area contributed by atoms with E-state index in [1.165, 1.54) is 34.6 Å². The Morgan fingerprint density at radius 3 is 2.20 bits per heavy atom. The van der Waals surface area contributed by atoms with Crippen LogP contribution in [0.4, 0.5) is 5.69 Å². The number of phenols is 1. The van der Waals surface area contributed by atoms with Gasteiger partial charge in [0.15, 0.2) is 5.75 Å². The molecule has 5 rings (SSSR count). The average Bonchev–Trinajstić information content (AvgIpc) is 3.49. The number of nitrogens with zero attached hydrogens (tertiary/aromatic N) is 1. The summed E-state index contributed by atoms with van der Waals surface area (Å²) in [5, 5.41) is 20.8. The number of hydrogen-bond acceptors (Lipinski definition) is 7. The second-order valence-electron chi connectivity index (χ2n) is 10.6. The van der Waals surface area contributed by atoms with Gasteiger partial charge in [-0.1, -0.05) is 48.5 Å². The molecule has 45 heavy (non-hydrogen) atoms. The summed E-state index contributed by atoms with van der Waals surface area (Å²) in [7, 11) is 0.